The van der Waals surface area contributed by atoms with Crippen LogP contribution in [-0.2, 0) is 6.42 Å². The molecule has 20 heavy (non-hydrogen) atoms. The molecule has 0 saturated heterocycles. The van der Waals surface area contributed by atoms with Gasteiger partial charge in [0.05, 0.1) is 0 Å². The van der Waals surface area contributed by atoms with E-state index in [0.29, 0.717) is 18.1 Å². The first-order valence-electron chi connectivity index (χ1n) is 8.26. The Morgan fingerprint density at radius 3 is 2.55 bits per heavy atom. The Kier molecular flexibility index (Phi) is 3.91. The van der Waals surface area contributed by atoms with Gasteiger partial charge in [-0.2, -0.15) is 0 Å². The fourth-order valence-electron chi connectivity index (χ4n) is 4.62. The van der Waals surface area contributed by atoms with Crippen LogP contribution in [0.2, 0.25) is 0 Å². The van der Waals surface area contributed by atoms with E-state index in [1.165, 1.54) is 44.9 Å². The van der Waals surface area contributed by atoms with Crippen LogP contribution in [0.15, 0.2) is 12.1 Å². The monoisotopic (exact) mass is 274 g/mol. The molecule has 3 atom stereocenters. The normalized spacial score (nSPS) is 29.9. The van der Waals surface area contributed by atoms with Gasteiger partial charge in [-0.15, -0.1) is 0 Å². The van der Waals surface area contributed by atoms with Gasteiger partial charge in [0.25, 0.3) is 0 Å². The number of hydrogen-bond acceptors (Lipinski definition) is 2. The van der Waals surface area contributed by atoms with Crippen molar-refractivity contribution in [3.05, 3.63) is 23.3 Å². The van der Waals surface area contributed by atoms with Crippen LogP contribution in [-0.4, -0.2) is 10.2 Å². The molecule has 2 heteroatoms. The molecule has 2 N–H and O–H groups in total. The van der Waals surface area contributed by atoms with Gasteiger partial charge in [-0.1, -0.05) is 45.1 Å². The summed E-state index contributed by atoms with van der Waals surface area (Å²) in [6, 6.07) is 3.74. The van der Waals surface area contributed by atoms with E-state index in [2.05, 4.69) is 0 Å². The number of rotatable bonds is 2. The summed E-state index contributed by atoms with van der Waals surface area (Å²) in [6.45, 7) is 1.99. The topological polar surface area (TPSA) is 40.5 Å². The Morgan fingerprint density at radius 1 is 1.00 bits per heavy atom. The summed E-state index contributed by atoms with van der Waals surface area (Å²) in [5.41, 5.74) is 1.82. The maximum Gasteiger partial charge on any atom is 0.125 e. The molecule has 2 fully saturated rings. The number of benzene rings is 1. The molecule has 0 aliphatic heterocycles. The van der Waals surface area contributed by atoms with Crippen LogP contribution in [0, 0.1) is 11.8 Å². The van der Waals surface area contributed by atoms with E-state index in [4.69, 9.17) is 0 Å². The second kappa shape index (κ2) is 5.67. The average molecular weight is 274 g/mol. The van der Waals surface area contributed by atoms with Crippen molar-refractivity contribution in [2.45, 2.75) is 64.2 Å². The minimum atomic E-state index is 0.241. The van der Waals surface area contributed by atoms with Gasteiger partial charge < -0.3 is 10.2 Å². The van der Waals surface area contributed by atoms with Gasteiger partial charge in [-0.05, 0) is 48.6 Å². The second-order valence-electron chi connectivity index (χ2n) is 6.60. The Hall–Kier alpha value is -1.18. The van der Waals surface area contributed by atoms with Crippen LogP contribution in [0.3, 0.4) is 0 Å². The van der Waals surface area contributed by atoms with Gasteiger partial charge >= 0.3 is 0 Å². The lowest BCUT2D eigenvalue weighted by Gasteiger charge is -2.42. The molecule has 1 aromatic rings. The highest BCUT2D eigenvalue weighted by atomic mass is 16.3. The fraction of sp³-hybridized carbons (Fsp3) is 0.667. The summed E-state index contributed by atoms with van der Waals surface area (Å²) < 4.78 is 0. The molecule has 0 heterocycles. The molecule has 0 radical (unpaired) electrons. The van der Waals surface area contributed by atoms with Crippen molar-refractivity contribution in [1.82, 2.24) is 0 Å². The van der Waals surface area contributed by atoms with Crippen molar-refractivity contribution in [3.8, 4) is 11.5 Å². The molecule has 3 rings (SSSR count). The summed E-state index contributed by atoms with van der Waals surface area (Å²) in [6.07, 6.45) is 9.97. The molecule has 2 aliphatic rings. The van der Waals surface area contributed by atoms with E-state index in [0.717, 1.165) is 23.0 Å². The number of phenolic OH excluding ortho intramolecular Hbond substituents is 2. The van der Waals surface area contributed by atoms with Crippen molar-refractivity contribution in [1.29, 1.82) is 0 Å². The minimum Gasteiger partial charge on any atom is -0.508 e. The average Bonchev–Trinajstić information content (AvgIpc) is 2.48. The lowest BCUT2D eigenvalue weighted by Crippen LogP contribution is -2.29. The maximum absolute atomic E-state index is 10.6. The SMILES string of the molecule is CCc1c(O)ccc(C2CCCC3CCCCC32)c1O. The smallest absolute Gasteiger partial charge is 0.125 e. The van der Waals surface area contributed by atoms with Crippen LogP contribution < -0.4 is 0 Å². The highest BCUT2D eigenvalue weighted by Gasteiger charge is 2.36. The van der Waals surface area contributed by atoms with Gasteiger partial charge in [0.2, 0.25) is 0 Å². The molecular weight excluding hydrogens is 248 g/mol. The molecule has 2 aliphatic carbocycles. The second-order valence-corrected chi connectivity index (χ2v) is 6.60. The highest BCUT2D eigenvalue weighted by molar-refractivity contribution is 5.50. The predicted molar refractivity (Wildman–Crippen MR) is 81.2 cm³/mol. The van der Waals surface area contributed by atoms with Crippen LogP contribution >= 0.6 is 0 Å². The molecule has 0 aromatic heterocycles. The van der Waals surface area contributed by atoms with E-state index >= 15 is 0 Å². The highest BCUT2D eigenvalue weighted by Crippen LogP contribution is 2.50. The van der Waals surface area contributed by atoms with E-state index in [-0.39, 0.29) is 5.75 Å². The maximum atomic E-state index is 10.6. The molecule has 0 spiro atoms. The third-order valence-electron chi connectivity index (χ3n) is 5.62. The van der Waals surface area contributed by atoms with Gasteiger partial charge in [-0.25, -0.2) is 0 Å². The number of phenols is 2. The van der Waals surface area contributed by atoms with Crippen molar-refractivity contribution in [2.75, 3.05) is 0 Å². The van der Waals surface area contributed by atoms with E-state index in [1.54, 1.807) is 6.07 Å². The Balaban J connectivity index is 1.95. The fourth-order valence-corrected chi connectivity index (χ4v) is 4.62. The number of hydrogen-bond donors (Lipinski definition) is 2. The zero-order valence-corrected chi connectivity index (χ0v) is 12.4. The molecular formula is C18H26O2. The summed E-state index contributed by atoms with van der Waals surface area (Å²) in [4.78, 5) is 0. The van der Waals surface area contributed by atoms with Crippen LogP contribution in [0.25, 0.3) is 0 Å². The first-order chi connectivity index (χ1) is 9.72. The molecule has 2 saturated carbocycles. The number of fused-ring (bicyclic) bond motifs is 1. The van der Waals surface area contributed by atoms with E-state index < -0.39 is 0 Å². The van der Waals surface area contributed by atoms with Crippen LogP contribution in [0.1, 0.15) is 68.9 Å². The summed E-state index contributed by atoms with van der Waals surface area (Å²) in [5, 5.41) is 20.4. The van der Waals surface area contributed by atoms with Crippen molar-refractivity contribution >= 4 is 0 Å². The van der Waals surface area contributed by atoms with Crippen LogP contribution in [0.5, 0.6) is 11.5 Å². The Bertz CT molecular complexity index is 479. The van der Waals surface area contributed by atoms with Gasteiger partial charge in [0, 0.05) is 5.56 Å². The zero-order chi connectivity index (χ0) is 14.1. The third-order valence-corrected chi connectivity index (χ3v) is 5.62. The molecule has 3 unspecified atom stereocenters. The van der Waals surface area contributed by atoms with Crippen LogP contribution in [0.4, 0.5) is 0 Å². The molecule has 0 amide bonds. The third kappa shape index (κ3) is 2.30. The summed E-state index contributed by atoms with van der Waals surface area (Å²) in [5.74, 6) is 2.71. The lowest BCUT2D eigenvalue weighted by molar-refractivity contribution is 0.143. The van der Waals surface area contributed by atoms with E-state index in [9.17, 15) is 10.2 Å². The van der Waals surface area contributed by atoms with Gasteiger partial charge in [-0.3, -0.25) is 0 Å². The quantitative estimate of drug-likeness (QED) is 0.818. The summed E-state index contributed by atoms with van der Waals surface area (Å²) in [7, 11) is 0. The first kappa shape index (κ1) is 13.8. The number of aromatic hydroxyl groups is 2. The molecule has 1 aromatic carbocycles. The van der Waals surface area contributed by atoms with Gasteiger partial charge in [0.1, 0.15) is 11.5 Å². The van der Waals surface area contributed by atoms with Gasteiger partial charge in [0.15, 0.2) is 0 Å². The lowest BCUT2D eigenvalue weighted by atomic mass is 9.63. The van der Waals surface area contributed by atoms with E-state index in [1.807, 2.05) is 13.0 Å². The molecule has 0 bridgehead atoms. The molecule has 2 nitrogen and oxygen atoms in total. The Morgan fingerprint density at radius 2 is 1.75 bits per heavy atom. The largest absolute Gasteiger partial charge is 0.508 e. The predicted octanol–water partition coefficient (Wildman–Crippen LogP) is 4.73. The standard InChI is InChI=1S/C18H26O2/c1-2-13-17(19)11-10-16(18(13)20)15-9-5-7-12-6-3-4-8-14(12)15/h10-12,14-15,19-20H,2-9H2,1H3. The Labute approximate surface area is 121 Å². The zero-order valence-electron chi connectivity index (χ0n) is 12.4. The van der Waals surface area contributed by atoms with Crippen molar-refractivity contribution in [3.63, 3.8) is 0 Å². The summed E-state index contributed by atoms with van der Waals surface area (Å²) >= 11 is 0. The van der Waals surface area contributed by atoms with Crippen molar-refractivity contribution < 1.29 is 10.2 Å². The van der Waals surface area contributed by atoms with Crippen molar-refractivity contribution in [2.24, 2.45) is 11.8 Å². The molecule has 110 valence electrons. The first-order valence-corrected chi connectivity index (χ1v) is 8.26. The minimum absolute atomic E-state index is 0.241.